The van der Waals surface area contributed by atoms with Crippen LogP contribution in [0.4, 0.5) is 0 Å². The number of nitrogens with zero attached hydrogens (tertiary/aromatic N) is 2. The van der Waals surface area contributed by atoms with Crippen LogP contribution in [0.15, 0.2) is 49.5 Å². The summed E-state index contributed by atoms with van der Waals surface area (Å²) in [4.78, 5) is 49.6. The lowest BCUT2D eigenvalue weighted by atomic mass is 10.1. The highest BCUT2D eigenvalue weighted by Crippen LogP contribution is 2.20. The van der Waals surface area contributed by atoms with Crippen LogP contribution < -0.4 is 22.2 Å². The van der Waals surface area contributed by atoms with E-state index in [2.05, 4.69) is 0 Å². The Hall–Kier alpha value is -3.48. The van der Waals surface area contributed by atoms with Crippen LogP contribution in [0.25, 0.3) is 27.2 Å². The van der Waals surface area contributed by atoms with Crippen molar-refractivity contribution in [1.82, 2.24) is 9.13 Å². The molecule has 124 valence electrons. The first-order chi connectivity index (χ1) is 11.8. The molecule has 0 spiro atoms. The Morgan fingerprint density at radius 2 is 1.24 bits per heavy atom. The zero-order valence-corrected chi connectivity index (χ0v) is 13.4. The average Bonchev–Trinajstić information content (AvgIpc) is 2.96. The summed E-state index contributed by atoms with van der Waals surface area (Å²) < 4.78 is 1.88. The van der Waals surface area contributed by atoms with Gasteiger partial charge in [0.2, 0.25) is 0 Å². The second-order valence-corrected chi connectivity index (χ2v) is 6.03. The number of phenols is 1. The monoisotopic (exact) mass is 336 g/mol. The SMILES string of the molecule is Cc1ccc(-n2c(=O)c3cc4c(=O)n(C)c(=O)c4cc3c2=O)cc1O. The summed E-state index contributed by atoms with van der Waals surface area (Å²) in [5, 5.41) is 10.2. The van der Waals surface area contributed by atoms with Gasteiger partial charge in [-0.15, -0.1) is 0 Å². The minimum absolute atomic E-state index is 0.0384. The molecule has 0 saturated heterocycles. The third-order valence-electron chi connectivity index (χ3n) is 4.55. The minimum Gasteiger partial charge on any atom is -0.508 e. The molecule has 2 heterocycles. The molecule has 0 fully saturated rings. The lowest BCUT2D eigenvalue weighted by molar-refractivity contribution is 0.471. The normalized spacial score (nSPS) is 11.6. The number of aryl methyl sites for hydroxylation is 1. The van der Waals surface area contributed by atoms with Gasteiger partial charge in [-0.25, -0.2) is 4.57 Å². The smallest absolute Gasteiger partial charge is 0.266 e. The van der Waals surface area contributed by atoms with Crippen LogP contribution in [0.3, 0.4) is 0 Å². The summed E-state index contributed by atoms with van der Waals surface area (Å²) in [7, 11) is 1.35. The fraction of sp³-hybridized carbons (Fsp3) is 0.111. The number of aromatic nitrogens is 2. The number of fused-ring (bicyclic) bond motifs is 2. The summed E-state index contributed by atoms with van der Waals surface area (Å²) in [5.41, 5.74) is -1.37. The van der Waals surface area contributed by atoms with E-state index < -0.39 is 22.2 Å². The number of phenolic OH excluding ortho intramolecular Hbond substituents is 1. The van der Waals surface area contributed by atoms with Crippen LogP contribution in [0.1, 0.15) is 5.56 Å². The first-order valence-electron chi connectivity index (χ1n) is 7.50. The summed E-state index contributed by atoms with van der Waals surface area (Å²) in [6, 6.07) is 7.06. The van der Waals surface area contributed by atoms with Crippen molar-refractivity contribution in [1.29, 1.82) is 0 Å². The van der Waals surface area contributed by atoms with Gasteiger partial charge in [0.1, 0.15) is 5.75 Å². The van der Waals surface area contributed by atoms with Crippen molar-refractivity contribution in [2.45, 2.75) is 6.92 Å². The Bertz CT molecular complexity index is 1320. The van der Waals surface area contributed by atoms with Crippen molar-refractivity contribution < 1.29 is 5.11 Å². The lowest BCUT2D eigenvalue weighted by Gasteiger charge is -2.03. The van der Waals surface area contributed by atoms with E-state index >= 15 is 0 Å². The van der Waals surface area contributed by atoms with Crippen molar-refractivity contribution in [2.75, 3.05) is 0 Å². The molecule has 2 aromatic heterocycles. The van der Waals surface area contributed by atoms with Gasteiger partial charge in [-0.3, -0.25) is 23.7 Å². The Balaban J connectivity index is 2.17. The molecule has 0 aliphatic carbocycles. The zero-order chi connectivity index (χ0) is 18.0. The van der Waals surface area contributed by atoms with Crippen LogP contribution >= 0.6 is 0 Å². The van der Waals surface area contributed by atoms with Crippen LogP contribution in [0.2, 0.25) is 0 Å². The number of rotatable bonds is 1. The Morgan fingerprint density at radius 1 is 0.760 bits per heavy atom. The first-order valence-corrected chi connectivity index (χ1v) is 7.50. The maximum absolute atomic E-state index is 12.7. The van der Waals surface area contributed by atoms with Gasteiger partial charge in [0.25, 0.3) is 22.2 Å². The maximum Gasteiger partial charge on any atom is 0.266 e. The van der Waals surface area contributed by atoms with Crippen molar-refractivity contribution in [2.24, 2.45) is 7.05 Å². The molecule has 0 unspecified atom stereocenters. The highest BCUT2D eigenvalue weighted by atomic mass is 16.3. The van der Waals surface area contributed by atoms with E-state index in [1.807, 2.05) is 0 Å². The van der Waals surface area contributed by atoms with Crippen molar-refractivity contribution >= 4 is 21.5 Å². The van der Waals surface area contributed by atoms with Gasteiger partial charge in [-0.2, -0.15) is 0 Å². The van der Waals surface area contributed by atoms with E-state index in [0.29, 0.717) is 5.56 Å². The molecule has 1 N–H and O–H groups in total. The average molecular weight is 336 g/mol. The predicted molar refractivity (Wildman–Crippen MR) is 93.6 cm³/mol. The molecule has 7 heteroatoms. The highest BCUT2D eigenvalue weighted by molar-refractivity contribution is 5.98. The fourth-order valence-electron chi connectivity index (χ4n) is 3.07. The van der Waals surface area contributed by atoms with E-state index in [1.165, 1.54) is 25.2 Å². The molecular formula is C18H12N2O5. The molecule has 0 bridgehead atoms. The zero-order valence-electron chi connectivity index (χ0n) is 13.4. The highest BCUT2D eigenvalue weighted by Gasteiger charge is 2.19. The number of hydrogen-bond acceptors (Lipinski definition) is 5. The molecule has 0 aliphatic heterocycles. The van der Waals surface area contributed by atoms with E-state index in [-0.39, 0.29) is 33.0 Å². The minimum atomic E-state index is -0.596. The molecular weight excluding hydrogens is 324 g/mol. The first kappa shape index (κ1) is 15.1. The second-order valence-electron chi connectivity index (χ2n) is 6.03. The Kier molecular flexibility index (Phi) is 2.87. The second kappa shape index (κ2) is 4.76. The number of aromatic hydroxyl groups is 1. The quantitative estimate of drug-likeness (QED) is 0.544. The fourth-order valence-corrected chi connectivity index (χ4v) is 3.07. The molecule has 0 radical (unpaired) electrons. The molecule has 0 saturated carbocycles. The third-order valence-corrected chi connectivity index (χ3v) is 4.55. The van der Waals surface area contributed by atoms with Crippen LogP contribution in [0.5, 0.6) is 5.75 Å². The largest absolute Gasteiger partial charge is 0.508 e. The maximum atomic E-state index is 12.7. The van der Waals surface area contributed by atoms with Gasteiger partial charge < -0.3 is 5.11 Å². The van der Waals surface area contributed by atoms with Gasteiger partial charge in [0, 0.05) is 13.1 Å². The topological polar surface area (TPSA) is 98.4 Å². The molecule has 4 rings (SSSR count). The van der Waals surface area contributed by atoms with Crippen LogP contribution in [-0.4, -0.2) is 14.2 Å². The standard InChI is InChI=1S/C18H12N2O5/c1-8-3-4-9(5-14(8)21)20-17(24)12-6-10-11(7-13(12)18(20)25)16(23)19(2)15(10)22/h3-7,21H,1-2H3. The molecule has 4 aromatic rings. The van der Waals surface area contributed by atoms with Crippen molar-refractivity contribution in [3.05, 3.63) is 77.3 Å². The molecule has 0 aliphatic rings. The Labute approximate surface area is 139 Å². The van der Waals surface area contributed by atoms with Gasteiger partial charge in [-0.1, -0.05) is 6.07 Å². The van der Waals surface area contributed by atoms with Gasteiger partial charge in [-0.05, 0) is 30.7 Å². The molecule has 2 aromatic carbocycles. The number of benzene rings is 2. The third kappa shape index (κ3) is 1.86. The van der Waals surface area contributed by atoms with Crippen molar-refractivity contribution in [3.63, 3.8) is 0 Å². The van der Waals surface area contributed by atoms with Gasteiger partial charge >= 0.3 is 0 Å². The van der Waals surface area contributed by atoms with Crippen LogP contribution in [0, 0.1) is 6.92 Å². The predicted octanol–water partition coefficient (Wildman–Crippen LogP) is 0.453. The summed E-state index contributed by atoms with van der Waals surface area (Å²) >= 11 is 0. The van der Waals surface area contributed by atoms with E-state index in [4.69, 9.17) is 0 Å². The summed E-state index contributed by atoms with van der Waals surface area (Å²) in [6.07, 6.45) is 0. The van der Waals surface area contributed by atoms with E-state index in [9.17, 15) is 24.3 Å². The van der Waals surface area contributed by atoms with E-state index in [0.717, 1.165) is 9.13 Å². The van der Waals surface area contributed by atoms with Gasteiger partial charge in [0.05, 0.1) is 27.2 Å². The van der Waals surface area contributed by atoms with Crippen LogP contribution in [-0.2, 0) is 7.05 Å². The molecule has 0 atom stereocenters. The number of hydrogen-bond donors (Lipinski definition) is 1. The summed E-state index contributed by atoms with van der Waals surface area (Å²) in [5.74, 6) is -0.0384. The summed E-state index contributed by atoms with van der Waals surface area (Å²) in [6.45, 7) is 1.69. The Morgan fingerprint density at radius 3 is 1.72 bits per heavy atom. The molecule has 0 amide bonds. The van der Waals surface area contributed by atoms with Crippen molar-refractivity contribution in [3.8, 4) is 11.4 Å². The lowest BCUT2D eigenvalue weighted by Crippen LogP contribution is -2.23. The van der Waals surface area contributed by atoms with E-state index in [1.54, 1.807) is 19.1 Å². The molecule has 7 nitrogen and oxygen atoms in total. The van der Waals surface area contributed by atoms with Gasteiger partial charge in [0.15, 0.2) is 0 Å². The molecule has 25 heavy (non-hydrogen) atoms.